The van der Waals surface area contributed by atoms with Gasteiger partial charge in [-0.15, -0.1) is 0 Å². The number of aromatic amines is 1. The monoisotopic (exact) mass is 355 g/mol. The van der Waals surface area contributed by atoms with Crippen molar-refractivity contribution in [3.63, 3.8) is 0 Å². The van der Waals surface area contributed by atoms with Gasteiger partial charge in [0.15, 0.2) is 5.65 Å². The lowest BCUT2D eigenvalue weighted by atomic mass is 10.2. The van der Waals surface area contributed by atoms with E-state index in [4.69, 9.17) is 0 Å². The van der Waals surface area contributed by atoms with Crippen LogP contribution in [-0.4, -0.2) is 43.3 Å². The molecule has 0 saturated carbocycles. The van der Waals surface area contributed by atoms with E-state index in [1.807, 2.05) is 35.4 Å². The highest BCUT2D eigenvalue weighted by molar-refractivity contribution is 5.51. The molecule has 4 heterocycles. The van der Waals surface area contributed by atoms with E-state index in [2.05, 4.69) is 20.4 Å². The summed E-state index contributed by atoms with van der Waals surface area (Å²) in [6.07, 6.45) is 0.889. The summed E-state index contributed by atoms with van der Waals surface area (Å²) in [5.74, 6) is 1.46. The molecule has 136 valence electrons. The molecule has 0 aromatic carbocycles. The summed E-state index contributed by atoms with van der Waals surface area (Å²) < 4.78 is 2.87. The van der Waals surface area contributed by atoms with Crippen LogP contribution in [0.3, 0.4) is 0 Å². The molecule has 4 rings (SSSR count). The van der Waals surface area contributed by atoms with E-state index in [1.165, 1.54) is 13.1 Å². The van der Waals surface area contributed by atoms with Gasteiger partial charge in [-0.1, -0.05) is 0 Å². The van der Waals surface area contributed by atoms with E-state index in [0.717, 1.165) is 40.4 Å². The predicted molar refractivity (Wildman–Crippen MR) is 99.0 cm³/mol. The molecule has 0 radical (unpaired) electrons. The number of aromatic nitrogens is 5. The van der Waals surface area contributed by atoms with Gasteiger partial charge in [-0.05, 0) is 20.3 Å². The molecule has 2 N–H and O–H groups in total. The number of anilines is 2. The topological polar surface area (TPSA) is 100 Å². The van der Waals surface area contributed by atoms with Crippen LogP contribution in [0.15, 0.2) is 27.8 Å². The number of aryl methyl sites for hydroxylation is 2. The highest BCUT2D eigenvalue weighted by atomic mass is 16.2. The van der Waals surface area contributed by atoms with Crippen molar-refractivity contribution in [3.05, 3.63) is 50.4 Å². The fourth-order valence-corrected chi connectivity index (χ4v) is 3.34. The summed E-state index contributed by atoms with van der Waals surface area (Å²) in [6, 6.07) is 5.57. The summed E-state index contributed by atoms with van der Waals surface area (Å²) in [6.45, 7) is 5.34. The van der Waals surface area contributed by atoms with Gasteiger partial charge in [0.05, 0.1) is 5.69 Å². The number of nitrogens with zero attached hydrogens (tertiary/aromatic N) is 5. The van der Waals surface area contributed by atoms with E-state index in [9.17, 15) is 9.59 Å². The van der Waals surface area contributed by atoms with Crippen LogP contribution in [0.5, 0.6) is 0 Å². The molecule has 9 heteroatoms. The van der Waals surface area contributed by atoms with E-state index >= 15 is 0 Å². The molecule has 1 saturated heterocycles. The highest BCUT2D eigenvalue weighted by Crippen LogP contribution is 2.20. The highest BCUT2D eigenvalue weighted by Gasteiger charge is 2.24. The van der Waals surface area contributed by atoms with Crippen LogP contribution in [0, 0.1) is 13.8 Å². The average molecular weight is 355 g/mol. The fourth-order valence-electron chi connectivity index (χ4n) is 3.34. The van der Waals surface area contributed by atoms with Crippen molar-refractivity contribution < 1.29 is 0 Å². The number of fused-ring (bicyclic) bond motifs is 1. The Bertz CT molecular complexity index is 1060. The van der Waals surface area contributed by atoms with Crippen molar-refractivity contribution in [2.45, 2.75) is 26.3 Å². The molecule has 3 aromatic heterocycles. The fraction of sp³-hybridized carbons (Fsp3) is 0.412. The maximum Gasteiger partial charge on any atom is 0.329 e. The number of nitrogens with one attached hydrogen (secondary N) is 2. The normalized spacial score (nSPS) is 17.2. The molecule has 1 aliphatic heterocycles. The maximum atomic E-state index is 11.9. The standard InChI is InChI=1S/C17H21N7O2/c1-10-6-15(24-14(18-10)7-11(2)21-24)19-12-4-5-23(9-12)13-8-16(25)22(3)17(26)20-13/h6-8,12,19H,4-5,9H2,1-3H3,(H,20,26)/t12-/m1/s1. The Balaban J connectivity index is 1.57. The number of H-pyrrole nitrogens is 1. The Morgan fingerprint density at radius 3 is 2.77 bits per heavy atom. The molecule has 1 aliphatic rings. The van der Waals surface area contributed by atoms with Crippen molar-refractivity contribution >= 4 is 17.3 Å². The summed E-state index contributed by atoms with van der Waals surface area (Å²) >= 11 is 0. The molecule has 0 amide bonds. The third-order valence-corrected chi connectivity index (χ3v) is 4.69. The molecule has 3 aromatic rings. The second kappa shape index (κ2) is 6.01. The predicted octanol–water partition coefficient (Wildman–Crippen LogP) is 0.424. The zero-order chi connectivity index (χ0) is 18.4. The van der Waals surface area contributed by atoms with Crippen molar-refractivity contribution in [2.75, 3.05) is 23.3 Å². The lowest BCUT2D eigenvalue weighted by Gasteiger charge is -2.19. The largest absolute Gasteiger partial charge is 0.365 e. The van der Waals surface area contributed by atoms with Crippen LogP contribution in [-0.2, 0) is 7.05 Å². The number of hydrogen-bond acceptors (Lipinski definition) is 6. The van der Waals surface area contributed by atoms with Gasteiger partial charge in [0, 0.05) is 50.1 Å². The van der Waals surface area contributed by atoms with Crippen molar-refractivity contribution in [1.29, 1.82) is 0 Å². The zero-order valence-corrected chi connectivity index (χ0v) is 15.0. The molecule has 0 aliphatic carbocycles. The molecule has 1 atom stereocenters. The van der Waals surface area contributed by atoms with Crippen molar-refractivity contribution in [2.24, 2.45) is 7.05 Å². The van der Waals surface area contributed by atoms with Crippen LogP contribution in [0.25, 0.3) is 5.65 Å². The first-order valence-corrected chi connectivity index (χ1v) is 8.56. The van der Waals surface area contributed by atoms with E-state index < -0.39 is 5.69 Å². The van der Waals surface area contributed by atoms with Crippen molar-refractivity contribution in [3.8, 4) is 0 Å². The summed E-state index contributed by atoms with van der Waals surface area (Å²) in [7, 11) is 1.46. The second-order valence-corrected chi connectivity index (χ2v) is 6.77. The number of rotatable bonds is 3. The van der Waals surface area contributed by atoms with Gasteiger partial charge in [-0.25, -0.2) is 9.78 Å². The number of hydrogen-bond donors (Lipinski definition) is 2. The summed E-state index contributed by atoms with van der Waals surface area (Å²) in [5, 5.41) is 8.01. The molecule has 0 spiro atoms. The van der Waals surface area contributed by atoms with E-state index in [1.54, 1.807) is 0 Å². The van der Waals surface area contributed by atoms with Crippen molar-refractivity contribution in [1.82, 2.24) is 24.1 Å². The van der Waals surface area contributed by atoms with Gasteiger partial charge >= 0.3 is 5.69 Å². The maximum absolute atomic E-state index is 11.9. The smallest absolute Gasteiger partial charge is 0.329 e. The quantitative estimate of drug-likeness (QED) is 0.706. The van der Waals surface area contributed by atoms with Gasteiger partial charge in [-0.3, -0.25) is 14.3 Å². The molecule has 9 nitrogen and oxygen atoms in total. The Morgan fingerprint density at radius 2 is 2.00 bits per heavy atom. The van der Waals surface area contributed by atoms with Crippen LogP contribution in [0.1, 0.15) is 17.8 Å². The second-order valence-electron chi connectivity index (χ2n) is 6.77. The van der Waals surface area contributed by atoms with E-state index in [-0.39, 0.29) is 11.6 Å². The minimum atomic E-state index is -0.401. The van der Waals surface area contributed by atoms with Crippen LogP contribution >= 0.6 is 0 Å². The van der Waals surface area contributed by atoms with Crippen LogP contribution < -0.4 is 21.5 Å². The first-order valence-electron chi connectivity index (χ1n) is 8.56. The van der Waals surface area contributed by atoms with Gasteiger partial charge in [-0.2, -0.15) is 9.61 Å². The first kappa shape index (κ1) is 16.4. The SMILES string of the molecule is Cc1cc(N[C@@H]2CCN(c3cc(=O)n(C)c(=O)[nH]3)C2)n2nc(C)cc2n1. The minimum absolute atomic E-state index is 0.178. The first-order chi connectivity index (χ1) is 12.4. The summed E-state index contributed by atoms with van der Waals surface area (Å²) in [5.41, 5.74) is 1.94. The van der Waals surface area contributed by atoms with Gasteiger partial charge < -0.3 is 10.2 Å². The molecular weight excluding hydrogens is 334 g/mol. The molecule has 0 unspecified atom stereocenters. The van der Waals surface area contributed by atoms with Gasteiger partial charge in [0.25, 0.3) is 5.56 Å². The van der Waals surface area contributed by atoms with E-state index in [0.29, 0.717) is 12.4 Å². The van der Waals surface area contributed by atoms with Gasteiger partial charge in [0.2, 0.25) is 0 Å². The molecule has 0 bridgehead atoms. The molecular formula is C17H21N7O2. The lowest BCUT2D eigenvalue weighted by Crippen LogP contribution is -2.35. The Labute approximate surface area is 149 Å². The summed E-state index contributed by atoms with van der Waals surface area (Å²) in [4.78, 5) is 33.0. The van der Waals surface area contributed by atoms with Crippen LogP contribution in [0.4, 0.5) is 11.6 Å². The third-order valence-electron chi connectivity index (χ3n) is 4.69. The minimum Gasteiger partial charge on any atom is -0.365 e. The van der Waals surface area contributed by atoms with Crippen LogP contribution in [0.2, 0.25) is 0 Å². The third kappa shape index (κ3) is 2.85. The molecule has 26 heavy (non-hydrogen) atoms. The molecule has 1 fully saturated rings. The zero-order valence-electron chi connectivity index (χ0n) is 15.0. The Morgan fingerprint density at radius 1 is 1.19 bits per heavy atom. The van der Waals surface area contributed by atoms with Gasteiger partial charge in [0.1, 0.15) is 11.6 Å². The average Bonchev–Trinajstić information content (AvgIpc) is 3.18. The Kier molecular flexibility index (Phi) is 3.78. The Hall–Kier alpha value is -3.10. The lowest BCUT2D eigenvalue weighted by molar-refractivity contribution is 0.758.